The van der Waals surface area contributed by atoms with Gasteiger partial charge in [-0.3, -0.25) is 15.5 Å². The Morgan fingerprint density at radius 3 is 2.55 bits per heavy atom. The zero-order valence-electron chi connectivity index (χ0n) is 27.8. The molecule has 0 saturated carbocycles. The molecule has 13 heteroatoms. The van der Waals surface area contributed by atoms with Gasteiger partial charge in [-0.15, -0.1) is 0 Å². The SMILES string of the molecule is COCCN1C[C@@H](NC(=O)Nc2c(C)c(-c3cnc(OCF)c(C(O)NC4CCOCC4)c3)nn2-c2ccccc2)[C@H](c2ccccc2)C1. The quantitative estimate of drug-likeness (QED) is 0.151. The number of methoxy groups -OCH3 is 1. The van der Waals surface area contributed by atoms with Gasteiger partial charge in [0.25, 0.3) is 0 Å². The van der Waals surface area contributed by atoms with Crippen molar-refractivity contribution in [2.24, 2.45) is 0 Å². The zero-order chi connectivity index (χ0) is 34.2. The Hall–Kier alpha value is -4.40. The zero-order valence-corrected chi connectivity index (χ0v) is 27.8. The van der Waals surface area contributed by atoms with Crippen LogP contribution in [-0.2, 0) is 9.47 Å². The summed E-state index contributed by atoms with van der Waals surface area (Å²) in [6, 6.07) is 21.0. The van der Waals surface area contributed by atoms with E-state index >= 15 is 0 Å². The fraction of sp³-hybridized carbons (Fsp3) is 0.417. The number of urea groups is 1. The van der Waals surface area contributed by atoms with Crippen molar-refractivity contribution in [3.63, 3.8) is 0 Å². The number of nitrogens with one attached hydrogen (secondary N) is 3. The first kappa shape index (κ1) is 34.5. The molecule has 4 aromatic rings. The number of rotatable bonds is 13. The van der Waals surface area contributed by atoms with Crippen molar-refractivity contribution in [1.82, 2.24) is 30.3 Å². The fourth-order valence-corrected chi connectivity index (χ4v) is 6.60. The van der Waals surface area contributed by atoms with Gasteiger partial charge in [0.2, 0.25) is 12.7 Å². The van der Waals surface area contributed by atoms with Crippen LogP contribution in [0.5, 0.6) is 5.88 Å². The molecule has 49 heavy (non-hydrogen) atoms. The molecule has 0 bridgehead atoms. The molecule has 12 nitrogen and oxygen atoms in total. The number of para-hydroxylation sites is 1. The number of carbonyl (C=O) groups is 1. The number of aliphatic hydroxyl groups excluding tert-OH is 1. The van der Waals surface area contributed by atoms with Gasteiger partial charge in [-0.1, -0.05) is 48.5 Å². The van der Waals surface area contributed by atoms with Crippen LogP contribution in [0.25, 0.3) is 16.9 Å². The van der Waals surface area contributed by atoms with Gasteiger partial charge in [-0.2, -0.15) is 5.10 Å². The molecule has 4 heterocycles. The number of ether oxygens (including phenoxy) is 3. The average Bonchev–Trinajstić information content (AvgIpc) is 3.68. The van der Waals surface area contributed by atoms with Crippen LogP contribution in [0, 0.1) is 6.92 Å². The lowest BCUT2D eigenvalue weighted by Gasteiger charge is -2.26. The van der Waals surface area contributed by atoms with E-state index in [0.717, 1.165) is 37.2 Å². The number of nitrogens with zero attached hydrogens (tertiary/aromatic N) is 4. The Labute approximate surface area is 285 Å². The van der Waals surface area contributed by atoms with Gasteiger partial charge < -0.3 is 24.6 Å². The van der Waals surface area contributed by atoms with Crippen LogP contribution in [0.15, 0.2) is 72.9 Å². The Morgan fingerprint density at radius 2 is 1.84 bits per heavy atom. The van der Waals surface area contributed by atoms with Crippen molar-refractivity contribution in [3.05, 3.63) is 89.6 Å². The highest BCUT2D eigenvalue weighted by molar-refractivity contribution is 5.91. The van der Waals surface area contributed by atoms with Crippen LogP contribution in [0.2, 0.25) is 0 Å². The van der Waals surface area contributed by atoms with Gasteiger partial charge in [0, 0.05) is 69.2 Å². The maximum absolute atomic E-state index is 13.8. The van der Waals surface area contributed by atoms with E-state index in [1.165, 1.54) is 6.20 Å². The van der Waals surface area contributed by atoms with E-state index in [1.54, 1.807) is 17.9 Å². The highest BCUT2D eigenvalue weighted by atomic mass is 19.1. The summed E-state index contributed by atoms with van der Waals surface area (Å²) in [4.78, 5) is 20.4. The molecule has 3 atom stereocenters. The maximum Gasteiger partial charge on any atom is 0.320 e. The monoisotopic (exact) mass is 673 g/mol. The van der Waals surface area contributed by atoms with Gasteiger partial charge in [-0.05, 0) is 43.5 Å². The standard InChI is InChI=1S/C36H44FN7O5/c1-24-32(26-19-29(35(38-20-26)49-23-37)34(45)39-27-13-16-48-17-14-27)42-44(28-11-7-4-8-12-28)33(24)41-36(46)40-31-22-43(15-18-47-2)21-30(31)25-9-5-3-6-10-25/h3-12,19-20,27,30-31,34,39,45H,13-18,21-23H2,1-2H3,(H2,40,41,46)/t30-,31+,34?/m0/s1. The number of likely N-dealkylation sites (tertiary alicyclic amines) is 1. The second kappa shape index (κ2) is 16.3. The molecule has 0 spiro atoms. The number of pyridine rings is 1. The lowest BCUT2D eigenvalue weighted by molar-refractivity contribution is 0.0474. The lowest BCUT2D eigenvalue weighted by atomic mass is 9.94. The van der Waals surface area contributed by atoms with Gasteiger partial charge in [0.15, 0.2) is 0 Å². The second-order valence-corrected chi connectivity index (χ2v) is 12.4. The van der Waals surface area contributed by atoms with E-state index in [2.05, 4.69) is 38.0 Å². The van der Waals surface area contributed by atoms with Crippen LogP contribution in [-0.4, -0.2) is 96.3 Å². The van der Waals surface area contributed by atoms with Crippen molar-refractivity contribution in [3.8, 4) is 22.8 Å². The molecule has 2 fully saturated rings. The predicted molar refractivity (Wildman–Crippen MR) is 184 cm³/mol. The Morgan fingerprint density at radius 1 is 1.10 bits per heavy atom. The second-order valence-electron chi connectivity index (χ2n) is 12.4. The summed E-state index contributed by atoms with van der Waals surface area (Å²) in [5.41, 5.74) is 3.98. The number of halogens is 1. The molecule has 2 aromatic carbocycles. The topological polar surface area (TPSA) is 135 Å². The number of benzene rings is 2. The number of aliphatic hydroxyl groups is 1. The van der Waals surface area contributed by atoms with Crippen LogP contribution in [0.1, 0.15) is 41.7 Å². The summed E-state index contributed by atoms with van der Waals surface area (Å²) in [6.45, 7) is 4.83. The summed E-state index contributed by atoms with van der Waals surface area (Å²) in [6.07, 6.45) is 1.84. The van der Waals surface area contributed by atoms with Crippen LogP contribution in [0.4, 0.5) is 15.0 Å². The van der Waals surface area contributed by atoms with E-state index in [1.807, 2.05) is 55.5 Å². The van der Waals surface area contributed by atoms with E-state index in [9.17, 15) is 14.3 Å². The smallest absolute Gasteiger partial charge is 0.320 e. The lowest BCUT2D eigenvalue weighted by Crippen LogP contribution is -2.42. The Bertz CT molecular complexity index is 1670. The molecule has 6 rings (SSSR count). The Balaban J connectivity index is 1.29. The molecule has 4 N–H and O–H groups in total. The fourth-order valence-electron chi connectivity index (χ4n) is 6.60. The number of aromatic nitrogens is 3. The minimum Gasteiger partial charge on any atom is -0.445 e. The molecule has 1 unspecified atom stereocenters. The molecule has 0 aliphatic carbocycles. The summed E-state index contributed by atoms with van der Waals surface area (Å²) in [7, 11) is 1.69. The van der Waals surface area contributed by atoms with Crippen molar-refractivity contribution in [1.29, 1.82) is 0 Å². The largest absolute Gasteiger partial charge is 0.445 e. The summed E-state index contributed by atoms with van der Waals surface area (Å²) in [5.74, 6) is 0.575. The third-order valence-corrected chi connectivity index (χ3v) is 9.16. The molecule has 2 aromatic heterocycles. The highest BCUT2D eigenvalue weighted by Crippen LogP contribution is 2.34. The van der Waals surface area contributed by atoms with E-state index < -0.39 is 13.1 Å². The maximum atomic E-state index is 13.8. The molecule has 2 aliphatic rings. The van der Waals surface area contributed by atoms with Gasteiger partial charge in [-0.25, -0.2) is 18.9 Å². The van der Waals surface area contributed by atoms with Crippen LogP contribution in [0.3, 0.4) is 0 Å². The van der Waals surface area contributed by atoms with Gasteiger partial charge >= 0.3 is 6.03 Å². The van der Waals surface area contributed by atoms with Crippen molar-refractivity contribution < 1.29 is 28.5 Å². The molecule has 2 saturated heterocycles. The molecule has 2 aliphatic heterocycles. The Kier molecular flexibility index (Phi) is 11.5. The summed E-state index contributed by atoms with van der Waals surface area (Å²) < 4.78 is 30.9. The van der Waals surface area contributed by atoms with Crippen molar-refractivity contribution in [2.45, 2.75) is 44.0 Å². The van der Waals surface area contributed by atoms with E-state index in [-0.39, 0.29) is 35.5 Å². The van der Waals surface area contributed by atoms with Gasteiger partial charge in [0.05, 0.1) is 29.6 Å². The number of hydrogen-bond donors (Lipinski definition) is 4. The molecule has 0 radical (unpaired) electrons. The third-order valence-electron chi connectivity index (χ3n) is 9.16. The summed E-state index contributed by atoms with van der Waals surface area (Å²) in [5, 5.41) is 25.6. The molecular formula is C36H44FN7O5. The van der Waals surface area contributed by atoms with Crippen molar-refractivity contribution in [2.75, 3.05) is 58.7 Å². The summed E-state index contributed by atoms with van der Waals surface area (Å²) >= 11 is 0. The first-order valence-electron chi connectivity index (χ1n) is 16.6. The normalized spacial score (nSPS) is 19.1. The van der Waals surface area contributed by atoms with Gasteiger partial charge in [0.1, 0.15) is 12.0 Å². The molecule has 2 amide bonds. The number of carbonyl (C=O) groups excluding carboxylic acids is 1. The highest BCUT2D eigenvalue weighted by Gasteiger charge is 2.35. The van der Waals surface area contributed by atoms with Crippen LogP contribution < -0.4 is 20.7 Å². The minimum atomic E-state index is -1.16. The number of anilines is 1. The number of alkyl halides is 1. The van der Waals surface area contributed by atoms with Crippen LogP contribution >= 0.6 is 0 Å². The minimum absolute atomic E-state index is 0.0137. The molecular weight excluding hydrogens is 629 g/mol. The first-order valence-corrected chi connectivity index (χ1v) is 16.6. The number of hydrogen-bond acceptors (Lipinski definition) is 9. The third kappa shape index (κ3) is 8.26. The van der Waals surface area contributed by atoms with Crippen molar-refractivity contribution >= 4 is 11.8 Å². The van der Waals surface area contributed by atoms with E-state index in [0.29, 0.717) is 49.0 Å². The van der Waals surface area contributed by atoms with E-state index in [4.69, 9.17) is 19.3 Å². The average molecular weight is 674 g/mol. The molecule has 260 valence electrons. The predicted octanol–water partition coefficient (Wildman–Crippen LogP) is 4.54. The first-order chi connectivity index (χ1) is 23.9. The number of amides is 2.